The molecule has 0 spiro atoms. The molecule has 21 heavy (non-hydrogen) atoms. The van der Waals surface area contributed by atoms with Crippen molar-refractivity contribution in [1.82, 2.24) is 5.32 Å². The molecule has 1 atom stereocenters. The number of esters is 1. The molecule has 0 aliphatic carbocycles. The number of fused-ring (bicyclic) bond motifs is 1. The van der Waals surface area contributed by atoms with Crippen LogP contribution < -0.4 is 5.32 Å². The minimum absolute atomic E-state index is 0.0379. The number of hydrogen-bond acceptors (Lipinski definition) is 4. The zero-order valence-corrected chi connectivity index (χ0v) is 12.4. The quantitative estimate of drug-likeness (QED) is 0.801. The van der Waals surface area contributed by atoms with E-state index in [9.17, 15) is 9.90 Å². The Labute approximate surface area is 124 Å². The number of hydrogen-bond donors (Lipinski definition) is 2. The van der Waals surface area contributed by atoms with Gasteiger partial charge in [0, 0.05) is 23.5 Å². The smallest absolute Gasteiger partial charge is 0.307 e. The summed E-state index contributed by atoms with van der Waals surface area (Å²) in [4.78, 5) is 11.3. The van der Waals surface area contributed by atoms with Gasteiger partial charge >= 0.3 is 5.97 Å². The van der Waals surface area contributed by atoms with E-state index >= 15 is 0 Å². The first-order valence-electron chi connectivity index (χ1n) is 7.23. The van der Waals surface area contributed by atoms with E-state index in [4.69, 9.17) is 4.74 Å². The van der Waals surface area contributed by atoms with E-state index in [1.165, 1.54) is 0 Å². The van der Waals surface area contributed by atoms with Crippen LogP contribution in [0.15, 0.2) is 36.4 Å². The van der Waals surface area contributed by atoms with E-state index in [-0.39, 0.29) is 12.0 Å². The maximum atomic E-state index is 11.3. The molecule has 112 valence electrons. The zero-order valence-electron chi connectivity index (χ0n) is 12.4. The topological polar surface area (TPSA) is 58.6 Å². The molecule has 0 amide bonds. The molecule has 0 aliphatic rings. The van der Waals surface area contributed by atoms with Crippen molar-refractivity contribution >= 4 is 16.7 Å². The third-order valence-corrected chi connectivity index (χ3v) is 3.48. The van der Waals surface area contributed by atoms with Gasteiger partial charge in [0.05, 0.1) is 13.0 Å². The maximum Gasteiger partial charge on any atom is 0.307 e. The Morgan fingerprint density at radius 2 is 2.05 bits per heavy atom. The molecule has 0 saturated heterocycles. The van der Waals surface area contributed by atoms with Crippen molar-refractivity contribution in [1.29, 1.82) is 0 Å². The highest BCUT2D eigenvalue weighted by molar-refractivity contribution is 5.89. The average Bonchev–Trinajstić information content (AvgIpc) is 2.48. The highest BCUT2D eigenvalue weighted by Gasteiger charge is 2.13. The van der Waals surface area contributed by atoms with Gasteiger partial charge in [-0.15, -0.1) is 0 Å². The van der Waals surface area contributed by atoms with Gasteiger partial charge in [0.1, 0.15) is 5.75 Å². The lowest BCUT2D eigenvalue weighted by molar-refractivity contribution is -0.143. The Morgan fingerprint density at radius 1 is 1.29 bits per heavy atom. The minimum atomic E-state index is -0.208. The lowest BCUT2D eigenvalue weighted by Gasteiger charge is -2.16. The highest BCUT2D eigenvalue weighted by Crippen LogP contribution is 2.32. The minimum Gasteiger partial charge on any atom is -0.507 e. The van der Waals surface area contributed by atoms with Gasteiger partial charge in [-0.2, -0.15) is 0 Å². The standard InChI is InChI=1S/C17H21NO3/c1-3-21-16(19)10-11-18-12(2)14-9-8-13-6-4-5-7-15(13)17(14)20/h4-9,12,18,20H,3,10-11H2,1-2H3. The van der Waals surface area contributed by atoms with E-state index in [0.717, 1.165) is 16.3 Å². The van der Waals surface area contributed by atoms with E-state index in [0.29, 0.717) is 25.3 Å². The molecule has 2 aromatic rings. The molecule has 0 bridgehead atoms. The van der Waals surface area contributed by atoms with Gasteiger partial charge < -0.3 is 15.2 Å². The van der Waals surface area contributed by atoms with E-state index in [1.54, 1.807) is 6.92 Å². The summed E-state index contributed by atoms with van der Waals surface area (Å²) in [5.74, 6) is 0.0872. The summed E-state index contributed by atoms with van der Waals surface area (Å²) in [5.41, 5.74) is 0.831. The fraction of sp³-hybridized carbons (Fsp3) is 0.353. The monoisotopic (exact) mass is 287 g/mol. The second-order valence-electron chi connectivity index (χ2n) is 4.96. The molecule has 0 heterocycles. The zero-order chi connectivity index (χ0) is 15.2. The number of nitrogens with one attached hydrogen (secondary N) is 1. The Bertz CT molecular complexity index is 624. The molecule has 0 saturated carbocycles. The van der Waals surface area contributed by atoms with Crippen LogP contribution in [0.3, 0.4) is 0 Å². The van der Waals surface area contributed by atoms with Crippen LogP contribution in [-0.4, -0.2) is 24.2 Å². The van der Waals surface area contributed by atoms with Crippen molar-refractivity contribution in [3.8, 4) is 5.75 Å². The van der Waals surface area contributed by atoms with Crippen LogP contribution in [-0.2, 0) is 9.53 Å². The number of benzene rings is 2. The third-order valence-electron chi connectivity index (χ3n) is 3.48. The summed E-state index contributed by atoms with van der Waals surface area (Å²) in [6.45, 7) is 4.68. The van der Waals surface area contributed by atoms with Crippen molar-refractivity contribution in [3.05, 3.63) is 42.0 Å². The summed E-state index contributed by atoms with van der Waals surface area (Å²) >= 11 is 0. The molecule has 4 heteroatoms. The number of carbonyl (C=O) groups excluding carboxylic acids is 1. The van der Waals surface area contributed by atoms with E-state index in [1.807, 2.05) is 43.3 Å². The van der Waals surface area contributed by atoms with E-state index < -0.39 is 0 Å². The highest BCUT2D eigenvalue weighted by atomic mass is 16.5. The molecule has 1 unspecified atom stereocenters. The number of phenolic OH excluding ortho intramolecular Hbond substituents is 1. The number of ether oxygens (including phenoxy) is 1. The molecule has 2 N–H and O–H groups in total. The van der Waals surface area contributed by atoms with Gasteiger partial charge in [-0.3, -0.25) is 4.79 Å². The van der Waals surface area contributed by atoms with Gasteiger partial charge in [-0.05, 0) is 19.2 Å². The second-order valence-corrected chi connectivity index (χ2v) is 4.96. The molecule has 0 fully saturated rings. The molecule has 2 aromatic carbocycles. The predicted octanol–water partition coefficient (Wildman–Crippen LogP) is 3.15. The van der Waals surface area contributed by atoms with Crippen molar-refractivity contribution < 1.29 is 14.6 Å². The largest absolute Gasteiger partial charge is 0.507 e. The van der Waals surface area contributed by atoms with Crippen LogP contribution in [0.4, 0.5) is 0 Å². The van der Waals surface area contributed by atoms with Gasteiger partial charge in [0.25, 0.3) is 0 Å². The molecule has 0 aliphatic heterocycles. The lowest BCUT2D eigenvalue weighted by Crippen LogP contribution is -2.22. The summed E-state index contributed by atoms with van der Waals surface area (Å²) in [7, 11) is 0. The second kappa shape index (κ2) is 7.09. The Hall–Kier alpha value is -2.07. The van der Waals surface area contributed by atoms with Gasteiger partial charge in [-0.25, -0.2) is 0 Å². The Kier molecular flexibility index (Phi) is 5.17. The third kappa shape index (κ3) is 3.73. The first kappa shape index (κ1) is 15.3. The van der Waals surface area contributed by atoms with Crippen LogP contribution in [0.1, 0.15) is 31.9 Å². The van der Waals surface area contributed by atoms with Gasteiger partial charge in [0.15, 0.2) is 0 Å². The van der Waals surface area contributed by atoms with Crippen molar-refractivity contribution in [3.63, 3.8) is 0 Å². The fourth-order valence-corrected chi connectivity index (χ4v) is 2.36. The molecular formula is C17H21NO3. The number of phenols is 1. The fourth-order valence-electron chi connectivity index (χ4n) is 2.36. The molecule has 4 nitrogen and oxygen atoms in total. The van der Waals surface area contributed by atoms with Crippen LogP contribution in [0.2, 0.25) is 0 Å². The number of aromatic hydroxyl groups is 1. The predicted molar refractivity (Wildman–Crippen MR) is 83.3 cm³/mol. The first-order chi connectivity index (χ1) is 10.1. The molecular weight excluding hydrogens is 266 g/mol. The van der Waals surface area contributed by atoms with Crippen LogP contribution in [0, 0.1) is 0 Å². The van der Waals surface area contributed by atoms with Gasteiger partial charge in [-0.1, -0.05) is 36.4 Å². The lowest BCUT2D eigenvalue weighted by atomic mass is 10.0. The molecule has 2 rings (SSSR count). The van der Waals surface area contributed by atoms with Crippen LogP contribution in [0.25, 0.3) is 10.8 Å². The molecule has 0 radical (unpaired) electrons. The molecule has 0 aromatic heterocycles. The average molecular weight is 287 g/mol. The maximum absolute atomic E-state index is 11.3. The SMILES string of the molecule is CCOC(=O)CCNC(C)c1ccc2ccccc2c1O. The Balaban J connectivity index is 2.04. The summed E-state index contributed by atoms with van der Waals surface area (Å²) < 4.78 is 4.88. The number of carbonyl (C=O) groups is 1. The van der Waals surface area contributed by atoms with Crippen molar-refractivity contribution in [2.24, 2.45) is 0 Å². The summed E-state index contributed by atoms with van der Waals surface area (Å²) in [5, 5.41) is 15.5. The Morgan fingerprint density at radius 3 is 2.81 bits per heavy atom. The van der Waals surface area contributed by atoms with E-state index in [2.05, 4.69) is 5.32 Å². The summed E-state index contributed by atoms with van der Waals surface area (Å²) in [6, 6.07) is 11.6. The van der Waals surface area contributed by atoms with Crippen molar-refractivity contribution in [2.75, 3.05) is 13.2 Å². The normalized spacial score (nSPS) is 12.3. The summed E-state index contributed by atoms with van der Waals surface area (Å²) in [6.07, 6.45) is 0.326. The number of rotatable bonds is 6. The van der Waals surface area contributed by atoms with Gasteiger partial charge in [0.2, 0.25) is 0 Å². The van der Waals surface area contributed by atoms with Crippen LogP contribution >= 0.6 is 0 Å². The first-order valence-corrected chi connectivity index (χ1v) is 7.23. The van der Waals surface area contributed by atoms with Crippen LogP contribution in [0.5, 0.6) is 5.75 Å². The van der Waals surface area contributed by atoms with Crippen molar-refractivity contribution in [2.45, 2.75) is 26.3 Å².